The van der Waals surface area contributed by atoms with Gasteiger partial charge < -0.3 is 4.42 Å². The molecule has 0 saturated carbocycles. The summed E-state index contributed by atoms with van der Waals surface area (Å²) < 4.78 is 7.74. The molecule has 4 rings (SSSR count). The summed E-state index contributed by atoms with van der Waals surface area (Å²) in [7, 11) is 0. The molecule has 0 aliphatic heterocycles. The standard InChI is InChI=1S/C18H15N3O2S/c1-11-5-3-6-13(9-11)10-21-18(22)16-17(24-12(2)19-16)15(20-21)14-7-4-8-23-14/h3-9H,10H2,1-2H3. The van der Waals surface area contributed by atoms with Gasteiger partial charge in [0.15, 0.2) is 11.3 Å². The smallest absolute Gasteiger partial charge is 0.294 e. The SMILES string of the molecule is Cc1cccc(Cn2nc(-c3ccco3)c3sc(C)nc3c2=O)c1. The van der Waals surface area contributed by atoms with Crippen molar-refractivity contribution in [2.45, 2.75) is 20.4 Å². The third kappa shape index (κ3) is 2.55. The fraction of sp³-hybridized carbons (Fsp3) is 0.167. The minimum absolute atomic E-state index is 0.175. The normalized spacial score (nSPS) is 11.2. The van der Waals surface area contributed by atoms with Crippen molar-refractivity contribution in [3.05, 3.63) is 69.1 Å². The maximum absolute atomic E-state index is 12.8. The van der Waals surface area contributed by atoms with Crippen molar-refractivity contribution in [2.75, 3.05) is 0 Å². The lowest BCUT2D eigenvalue weighted by atomic mass is 10.1. The highest BCUT2D eigenvalue weighted by Gasteiger charge is 2.18. The van der Waals surface area contributed by atoms with Gasteiger partial charge >= 0.3 is 0 Å². The summed E-state index contributed by atoms with van der Waals surface area (Å²) in [5, 5.41) is 5.40. The Balaban J connectivity index is 1.92. The lowest BCUT2D eigenvalue weighted by Crippen LogP contribution is -2.24. The molecule has 0 saturated heterocycles. The molecule has 6 heteroatoms. The van der Waals surface area contributed by atoms with Gasteiger partial charge in [-0.05, 0) is 31.5 Å². The molecule has 0 unspecified atom stereocenters. The van der Waals surface area contributed by atoms with Crippen LogP contribution in [0, 0.1) is 13.8 Å². The zero-order valence-corrected chi connectivity index (χ0v) is 14.1. The first kappa shape index (κ1) is 14.8. The van der Waals surface area contributed by atoms with Gasteiger partial charge in [0.1, 0.15) is 5.69 Å². The Morgan fingerprint density at radius 3 is 2.83 bits per heavy atom. The molecule has 0 aliphatic rings. The Morgan fingerprint density at radius 2 is 2.08 bits per heavy atom. The van der Waals surface area contributed by atoms with Crippen molar-refractivity contribution >= 4 is 21.6 Å². The summed E-state index contributed by atoms with van der Waals surface area (Å²) >= 11 is 1.46. The number of hydrogen-bond donors (Lipinski definition) is 0. The van der Waals surface area contributed by atoms with Crippen LogP contribution < -0.4 is 5.56 Å². The first-order chi connectivity index (χ1) is 11.6. The van der Waals surface area contributed by atoms with E-state index in [2.05, 4.69) is 16.1 Å². The highest BCUT2D eigenvalue weighted by molar-refractivity contribution is 7.19. The van der Waals surface area contributed by atoms with E-state index < -0.39 is 0 Å². The van der Waals surface area contributed by atoms with Crippen LogP contribution in [0.4, 0.5) is 0 Å². The summed E-state index contributed by atoms with van der Waals surface area (Å²) in [6.45, 7) is 4.32. The quantitative estimate of drug-likeness (QED) is 0.571. The lowest BCUT2D eigenvalue weighted by Gasteiger charge is -2.08. The van der Waals surface area contributed by atoms with Crippen molar-refractivity contribution in [3.63, 3.8) is 0 Å². The molecule has 4 aromatic rings. The third-order valence-electron chi connectivity index (χ3n) is 3.78. The fourth-order valence-electron chi connectivity index (χ4n) is 2.73. The van der Waals surface area contributed by atoms with Gasteiger partial charge in [0, 0.05) is 0 Å². The molecule has 0 radical (unpaired) electrons. The van der Waals surface area contributed by atoms with Crippen LogP contribution in [0.15, 0.2) is 51.9 Å². The number of nitrogens with zero attached hydrogens (tertiary/aromatic N) is 3. The number of aromatic nitrogens is 3. The van der Waals surface area contributed by atoms with Gasteiger partial charge in [0.2, 0.25) is 0 Å². The zero-order valence-electron chi connectivity index (χ0n) is 13.3. The first-order valence-corrected chi connectivity index (χ1v) is 8.41. The fourth-order valence-corrected chi connectivity index (χ4v) is 3.63. The molecular weight excluding hydrogens is 322 g/mol. The lowest BCUT2D eigenvalue weighted by molar-refractivity contribution is 0.571. The molecular formula is C18H15N3O2S. The predicted molar refractivity (Wildman–Crippen MR) is 94.4 cm³/mol. The van der Waals surface area contributed by atoms with Crippen LogP contribution in [-0.2, 0) is 6.54 Å². The van der Waals surface area contributed by atoms with Crippen molar-refractivity contribution in [3.8, 4) is 11.5 Å². The van der Waals surface area contributed by atoms with Crippen molar-refractivity contribution in [1.29, 1.82) is 0 Å². The Kier molecular flexibility index (Phi) is 3.54. The van der Waals surface area contributed by atoms with E-state index in [1.165, 1.54) is 16.0 Å². The van der Waals surface area contributed by atoms with E-state index in [4.69, 9.17) is 4.42 Å². The average Bonchev–Trinajstić information content (AvgIpc) is 3.20. The molecule has 3 heterocycles. The maximum Gasteiger partial charge on any atom is 0.294 e. The molecule has 0 amide bonds. The summed E-state index contributed by atoms with van der Waals surface area (Å²) in [6, 6.07) is 11.7. The topological polar surface area (TPSA) is 60.9 Å². The minimum atomic E-state index is -0.175. The van der Waals surface area contributed by atoms with E-state index in [0.29, 0.717) is 23.5 Å². The number of furan rings is 1. The van der Waals surface area contributed by atoms with Gasteiger partial charge in [-0.15, -0.1) is 11.3 Å². The van der Waals surface area contributed by atoms with Gasteiger partial charge in [0.05, 0.1) is 22.5 Å². The van der Waals surface area contributed by atoms with Crippen molar-refractivity contribution in [1.82, 2.24) is 14.8 Å². The van der Waals surface area contributed by atoms with Gasteiger partial charge in [0.25, 0.3) is 5.56 Å². The molecule has 24 heavy (non-hydrogen) atoms. The number of hydrogen-bond acceptors (Lipinski definition) is 5. The van der Waals surface area contributed by atoms with E-state index >= 15 is 0 Å². The van der Waals surface area contributed by atoms with Gasteiger partial charge in [-0.1, -0.05) is 29.8 Å². The number of benzene rings is 1. The van der Waals surface area contributed by atoms with Gasteiger partial charge in [-0.25, -0.2) is 9.67 Å². The van der Waals surface area contributed by atoms with Crippen LogP contribution in [0.5, 0.6) is 0 Å². The summed E-state index contributed by atoms with van der Waals surface area (Å²) in [5.74, 6) is 0.640. The predicted octanol–water partition coefficient (Wildman–Crippen LogP) is 3.78. The Bertz CT molecular complexity index is 1080. The van der Waals surface area contributed by atoms with E-state index in [0.717, 1.165) is 20.8 Å². The molecule has 120 valence electrons. The van der Waals surface area contributed by atoms with Crippen LogP contribution in [-0.4, -0.2) is 14.8 Å². The second-order valence-electron chi connectivity index (χ2n) is 5.69. The molecule has 1 aromatic carbocycles. The van der Waals surface area contributed by atoms with Crippen LogP contribution in [0.1, 0.15) is 16.1 Å². The van der Waals surface area contributed by atoms with Crippen molar-refractivity contribution < 1.29 is 4.42 Å². The molecule has 3 aromatic heterocycles. The average molecular weight is 337 g/mol. The van der Waals surface area contributed by atoms with Gasteiger partial charge in [-0.3, -0.25) is 4.79 Å². The van der Waals surface area contributed by atoms with Crippen LogP contribution in [0.25, 0.3) is 21.7 Å². The Morgan fingerprint density at radius 1 is 1.21 bits per heavy atom. The van der Waals surface area contributed by atoms with Crippen molar-refractivity contribution in [2.24, 2.45) is 0 Å². The van der Waals surface area contributed by atoms with Crippen LogP contribution >= 0.6 is 11.3 Å². The van der Waals surface area contributed by atoms with Gasteiger partial charge in [-0.2, -0.15) is 5.10 Å². The largest absolute Gasteiger partial charge is 0.463 e. The second kappa shape index (κ2) is 5.72. The number of fused-ring (bicyclic) bond motifs is 1. The molecule has 0 spiro atoms. The summed E-state index contributed by atoms with van der Waals surface area (Å²) in [4.78, 5) is 17.2. The first-order valence-electron chi connectivity index (χ1n) is 7.59. The molecule has 0 fully saturated rings. The Labute approximate surface area is 142 Å². The van der Waals surface area contributed by atoms with Crippen LogP contribution in [0.2, 0.25) is 0 Å². The second-order valence-corrected chi connectivity index (χ2v) is 6.89. The summed E-state index contributed by atoms with van der Waals surface area (Å²) in [6.07, 6.45) is 1.60. The molecule has 0 bridgehead atoms. The Hall–Kier alpha value is -2.73. The number of rotatable bonds is 3. The summed E-state index contributed by atoms with van der Waals surface area (Å²) in [5.41, 5.74) is 3.12. The third-order valence-corrected chi connectivity index (χ3v) is 4.75. The monoisotopic (exact) mass is 337 g/mol. The highest BCUT2D eigenvalue weighted by Crippen LogP contribution is 2.29. The minimum Gasteiger partial charge on any atom is -0.463 e. The van der Waals surface area contributed by atoms with E-state index in [1.807, 2.05) is 44.2 Å². The highest BCUT2D eigenvalue weighted by atomic mass is 32.1. The molecule has 0 atom stereocenters. The molecule has 0 N–H and O–H groups in total. The van der Waals surface area contributed by atoms with Crippen LogP contribution in [0.3, 0.4) is 0 Å². The van der Waals surface area contributed by atoms with E-state index in [1.54, 1.807) is 6.26 Å². The molecule has 0 aliphatic carbocycles. The number of aryl methyl sites for hydroxylation is 2. The number of thiazole rings is 1. The zero-order chi connectivity index (χ0) is 16.7. The maximum atomic E-state index is 12.8. The molecule has 5 nitrogen and oxygen atoms in total. The van der Waals surface area contributed by atoms with E-state index in [9.17, 15) is 4.79 Å². The van der Waals surface area contributed by atoms with E-state index in [-0.39, 0.29) is 5.56 Å².